The fourth-order valence-electron chi connectivity index (χ4n) is 2.33. The van der Waals surface area contributed by atoms with Crippen LogP contribution in [0.25, 0.3) is 0 Å². The van der Waals surface area contributed by atoms with Crippen LogP contribution in [0.2, 0.25) is 0 Å². The smallest absolute Gasteiger partial charge is 0.0747 e. The van der Waals surface area contributed by atoms with Crippen LogP contribution in [0.4, 0.5) is 0 Å². The van der Waals surface area contributed by atoms with E-state index in [2.05, 4.69) is 18.8 Å². The Morgan fingerprint density at radius 2 is 1.26 bits per heavy atom. The van der Waals surface area contributed by atoms with Crippen molar-refractivity contribution >= 4 is 12.4 Å². The SMILES string of the molecule is CC#CC(C)(N)CCCCCCCCCCCC.Cl. The molecule has 0 heterocycles. The quantitative estimate of drug-likeness (QED) is 0.396. The third-order valence-electron chi connectivity index (χ3n) is 3.46. The molecule has 0 aromatic heterocycles. The zero-order valence-electron chi connectivity index (χ0n) is 13.3. The molecule has 1 unspecified atom stereocenters. The molecule has 0 aliphatic rings. The molecule has 1 nitrogen and oxygen atoms in total. The average Bonchev–Trinajstić information content (AvgIpc) is 2.31. The van der Waals surface area contributed by atoms with E-state index < -0.39 is 0 Å². The predicted octanol–water partition coefficient (Wildman–Crippen LogP) is 5.46. The molecule has 0 radical (unpaired) electrons. The van der Waals surface area contributed by atoms with Crippen LogP contribution in [-0.2, 0) is 0 Å². The lowest BCUT2D eigenvalue weighted by Gasteiger charge is -2.17. The van der Waals surface area contributed by atoms with Gasteiger partial charge in [0, 0.05) is 0 Å². The van der Waals surface area contributed by atoms with E-state index in [9.17, 15) is 0 Å². The molecule has 0 amide bonds. The highest BCUT2D eigenvalue weighted by atomic mass is 35.5. The van der Waals surface area contributed by atoms with Gasteiger partial charge in [-0.05, 0) is 20.3 Å². The molecule has 19 heavy (non-hydrogen) atoms. The van der Waals surface area contributed by atoms with E-state index in [0.717, 1.165) is 6.42 Å². The van der Waals surface area contributed by atoms with Crippen molar-refractivity contribution in [3.05, 3.63) is 0 Å². The monoisotopic (exact) mass is 287 g/mol. The van der Waals surface area contributed by atoms with E-state index in [-0.39, 0.29) is 17.9 Å². The van der Waals surface area contributed by atoms with Crippen molar-refractivity contribution in [1.82, 2.24) is 0 Å². The second-order valence-corrected chi connectivity index (χ2v) is 5.72. The van der Waals surface area contributed by atoms with Crippen molar-refractivity contribution in [3.8, 4) is 11.8 Å². The van der Waals surface area contributed by atoms with Gasteiger partial charge in [0.05, 0.1) is 5.54 Å². The number of nitrogens with two attached hydrogens (primary N) is 1. The molecule has 2 heteroatoms. The second kappa shape index (κ2) is 14.2. The molecule has 0 saturated heterocycles. The van der Waals surface area contributed by atoms with E-state index in [1.54, 1.807) is 0 Å². The number of unbranched alkanes of at least 4 members (excludes halogenated alkanes) is 9. The Morgan fingerprint density at radius 1 is 0.842 bits per heavy atom. The van der Waals surface area contributed by atoms with Crippen LogP contribution in [0.3, 0.4) is 0 Å². The lowest BCUT2D eigenvalue weighted by molar-refractivity contribution is 0.490. The minimum Gasteiger partial charge on any atom is -0.315 e. The summed E-state index contributed by atoms with van der Waals surface area (Å²) < 4.78 is 0. The molecular formula is C17H34ClN. The first kappa shape index (κ1) is 21.1. The molecule has 0 aromatic carbocycles. The third kappa shape index (κ3) is 15.8. The Balaban J connectivity index is 0. The first-order valence-corrected chi connectivity index (χ1v) is 7.85. The van der Waals surface area contributed by atoms with E-state index in [0.29, 0.717) is 0 Å². The molecule has 0 aliphatic heterocycles. The number of halogens is 1. The van der Waals surface area contributed by atoms with Crippen molar-refractivity contribution in [3.63, 3.8) is 0 Å². The summed E-state index contributed by atoms with van der Waals surface area (Å²) in [6.45, 7) is 6.18. The Labute approximate surface area is 127 Å². The molecule has 1 atom stereocenters. The summed E-state index contributed by atoms with van der Waals surface area (Å²) in [5.41, 5.74) is 5.79. The molecule has 0 saturated carbocycles. The van der Waals surface area contributed by atoms with Crippen LogP contribution in [0.1, 0.15) is 91.4 Å². The van der Waals surface area contributed by atoms with Gasteiger partial charge in [0.1, 0.15) is 0 Å². The van der Waals surface area contributed by atoms with Gasteiger partial charge in [0.15, 0.2) is 0 Å². The van der Waals surface area contributed by atoms with Crippen molar-refractivity contribution < 1.29 is 0 Å². The first-order chi connectivity index (χ1) is 8.62. The number of hydrogen-bond acceptors (Lipinski definition) is 1. The predicted molar refractivity (Wildman–Crippen MR) is 89.8 cm³/mol. The van der Waals surface area contributed by atoms with E-state index >= 15 is 0 Å². The Morgan fingerprint density at radius 3 is 1.68 bits per heavy atom. The third-order valence-corrected chi connectivity index (χ3v) is 3.46. The van der Waals surface area contributed by atoms with Crippen LogP contribution in [0.5, 0.6) is 0 Å². The van der Waals surface area contributed by atoms with Gasteiger partial charge in [0.2, 0.25) is 0 Å². The fraction of sp³-hybridized carbons (Fsp3) is 0.882. The van der Waals surface area contributed by atoms with Gasteiger partial charge in [-0.2, -0.15) is 0 Å². The van der Waals surface area contributed by atoms with Gasteiger partial charge in [-0.1, -0.05) is 77.1 Å². The zero-order chi connectivity index (χ0) is 13.7. The van der Waals surface area contributed by atoms with Crippen molar-refractivity contribution in [2.24, 2.45) is 5.73 Å². The molecule has 0 aromatic rings. The fourth-order valence-corrected chi connectivity index (χ4v) is 2.33. The topological polar surface area (TPSA) is 26.0 Å². The van der Waals surface area contributed by atoms with E-state index in [1.165, 1.54) is 64.2 Å². The Bertz CT molecular complexity index is 237. The molecule has 114 valence electrons. The second-order valence-electron chi connectivity index (χ2n) is 5.72. The van der Waals surface area contributed by atoms with Gasteiger partial charge in [-0.25, -0.2) is 0 Å². The minimum absolute atomic E-state index is 0. The highest BCUT2D eigenvalue weighted by Crippen LogP contribution is 2.14. The summed E-state index contributed by atoms with van der Waals surface area (Å²) in [5, 5.41) is 0. The molecule has 2 N–H and O–H groups in total. The maximum Gasteiger partial charge on any atom is 0.0747 e. The van der Waals surface area contributed by atoms with Gasteiger partial charge < -0.3 is 5.73 Å². The zero-order valence-corrected chi connectivity index (χ0v) is 14.1. The van der Waals surface area contributed by atoms with Crippen molar-refractivity contribution in [2.45, 2.75) is 96.9 Å². The Kier molecular flexibility index (Phi) is 15.8. The standard InChI is InChI=1S/C17H33N.ClH/c1-4-6-7-8-9-10-11-12-13-14-16-17(3,18)15-5-2;/h4,6-14,16,18H2,1-3H3;1H. The van der Waals surface area contributed by atoms with Crippen LogP contribution in [0.15, 0.2) is 0 Å². The van der Waals surface area contributed by atoms with Gasteiger partial charge in [-0.3, -0.25) is 0 Å². The summed E-state index contributed by atoms with van der Waals surface area (Å²) in [6, 6.07) is 0. The van der Waals surface area contributed by atoms with E-state index in [1.807, 2.05) is 13.8 Å². The lowest BCUT2D eigenvalue weighted by Crippen LogP contribution is -2.33. The average molecular weight is 288 g/mol. The van der Waals surface area contributed by atoms with Gasteiger partial charge in [0.25, 0.3) is 0 Å². The van der Waals surface area contributed by atoms with Gasteiger partial charge >= 0.3 is 0 Å². The minimum atomic E-state index is -0.269. The van der Waals surface area contributed by atoms with Gasteiger partial charge in [-0.15, -0.1) is 18.3 Å². The molecule has 0 fully saturated rings. The summed E-state index contributed by atoms with van der Waals surface area (Å²) in [6.07, 6.45) is 14.8. The number of hydrogen-bond donors (Lipinski definition) is 1. The normalized spacial score (nSPS) is 13.1. The highest BCUT2D eigenvalue weighted by molar-refractivity contribution is 5.85. The maximum atomic E-state index is 6.06. The summed E-state index contributed by atoms with van der Waals surface area (Å²) >= 11 is 0. The van der Waals surface area contributed by atoms with Crippen LogP contribution in [0, 0.1) is 11.8 Å². The molecule has 0 aliphatic carbocycles. The molecule has 0 spiro atoms. The summed E-state index contributed by atoms with van der Waals surface area (Å²) in [4.78, 5) is 0. The molecular weight excluding hydrogens is 254 g/mol. The lowest BCUT2D eigenvalue weighted by atomic mass is 9.95. The van der Waals surface area contributed by atoms with Crippen LogP contribution >= 0.6 is 12.4 Å². The maximum absolute atomic E-state index is 6.06. The summed E-state index contributed by atoms with van der Waals surface area (Å²) in [5.74, 6) is 6.00. The highest BCUT2D eigenvalue weighted by Gasteiger charge is 2.13. The van der Waals surface area contributed by atoms with Crippen molar-refractivity contribution in [1.29, 1.82) is 0 Å². The number of rotatable bonds is 11. The van der Waals surface area contributed by atoms with Crippen LogP contribution in [-0.4, -0.2) is 5.54 Å². The first-order valence-electron chi connectivity index (χ1n) is 7.85. The van der Waals surface area contributed by atoms with Crippen molar-refractivity contribution in [2.75, 3.05) is 0 Å². The Hall–Kier alpha value is -0.190. The largest absolute Gasteiger partial charge is 0.315 e. The molecule has 0 bridgehead atoms. The summed E-state index contributed by atoms with van der Waals surface area (Å²) in [7, 11) is 0. The van der Waals surface area contributed by atoms with E-state index in [4.69, 9.17) is 5.73 Å². The van der Waals surface area contributed by atoms with Crippen LogP contribution < -0.4 is 5.73 Å². The molecule has 0 rings (SSSR count).